The van der Waals surface area contributed by atoms with Crippen molar-refractivity contribution in [3.63, 3.8) is 0 Å². The highest BCUT2D eigenvalue weighted by atomic mass is 28.4. The highest BCUT2D eigenvalue weighted by molar-refractivity contribution is 6.63. The fourth-order valence-corrected chi connectivity index (χ4v) is 5.62. The van der Waals surface area contributed by atoms with Gasteiger partial charge in [0.2, 0.25) is 5.41 Å². The number of rotatable bonds is 10. The van der Waals surface area contributed by atoms with Crippen molar-refractivity contribution in [2.75, 3.05) is 14.2 Å². The van der Waals surface area contributed by atoms with E-state index < -0.39 is 14.2 Å². The summed E-state index contributed by atoms with van der Waals surface area (Å²) in [6, 6.07) is 0. The van der Waals surface area contributed by atoms with E-state index in [1.54, 1.807) is 14.2 Å². The monoisotopic (exact) mass is 308 g/mol. The van der Waals surface area contributed by atoms with E-state index in [9.17, 15) is 0 Å². The molecule has 0 atom stereocenters. The van der Waals surface area contributed by atoms with Gasteiger partial charge in [0.1, 0.15) is 0 Å². The molecule has 0 N–H and O–H groups in total. The summed E-state index contributed by atoms with van der Waals surface area (Å²) in [5, 5.41) is 0. The number of methoxy groups -OCH3 is 2. The summed E-state index contributed by atoms with van der Waals surface area (Å²) in [5.74, 6) is 0. The topological polar surface area (TPSA) is 46.2 Å². The zero-order valence-corrected chi connectivity index (χ0v) is 15.5. The van der Waals surface area contributed by atoms with Crippen molar-refractivity contribution in [2.45, 2.75) is 78.6 Å². The number of hydrogen-bond donors (Lipinski definition) is 0. The second kappa shape index (κ2) is 8.46. The molecule has 5 nitrogen and oxygen atoms in total. The Balaban J connectivity index is 5.77. The van der Waals surface area contributed by atoms with Crippen LogP contribution in [0.15, 0.2) is 0 Å². The fourth-order valence-electron chi connectivity index (χ4n) is 2.12. The van der Waals surface area contributed by atoms with Crippen LogP contribution in [0.5, 0.6) is 0 Å². The highest BCUT2D eigenvalue weighted by Gasteiger charge is 2.64. The molecule has 0 aromatic rings. The highest BCUT2D eigenvalue weighted by Crippen LogP contribution is 2.34. The lowest BCUT2D eigenvalue weighted by Crippen LogP contribution is -2.69. The van der Waals surface area contributed by atoms with E-state index in [0.717, 1.165) is 0 Å². The van der Waals surface area contributed by atoms with Gasteiger partial charge in [0.15, 0.2) is 0 Å². The third-order valence-electron chi connectivity index (χ3n) is 2.76. The van der Waals surface area contributed by atoms with Crippen molar-refractivity contribution in [1.82, 2.24) is 0 Å². The van der Waals surface area contributed by atoms with E-state index in [4.69, 9.17) is 22.8 Å². The van der Waals surface area contributed by atoms with Crippen molar-refractivity contribution >= 4 is 8.80 Å². The molecule has 0 amide bonds. The summed E-state index contributed by atoms with van der Waals surface area (Å²) >= 11 is 0. The Bertz CT molecular complexity index is 229. The quantitative estimate of drug-likeness (QED) is 0.458. The summed E-state index contributed by atoms with van der Waals surface area (Å²) in [6.07, 6.45) is 0.444. The van der Waals surface area contributed by atoms with Gasteiger partial charge in [0.25, 0.3) is 0 Å². The van der Waals surface area contributed by atoms with Crippen LogP contribution in [-0.2, 0) is 22.8 Å². The first-order valence-corrected chi connectivity index (χ1v) is 9.04. The number of hydrogen-bond acceptors (Lipinski definition) is 5. The molecule has 0 aromatic heterocycles. The molecular weight excluding hydrogens is 276 g/mol. The molecule has 0 aromatic carbocycles. The molecule has 20 heavy (non-hydrogen) atoms. The second-order valence-corrected chi connectivity index (χ2v) is 8.15. The predicted molar refractivity (Wildman–Crippen MR) is 81.5 cm³/mol. The third kappa shape index (κ3) is 4.79. The molecule has 122 valence electrons. The van der Waals surface area contributed by atoms with Crippen molar-refractivity contribution in [3.8, 4) is 0 Å². The van der Waals surface area contributed by atoms with Gasteiger partial charge in [-0.25, -0.2) is 0 Å². The molecular formula is C14H32O5Si. The van der Waals surface area contributed by atoms with Gasteiger partial charge in [0.05, 0.1) is 0 Å². The minimum Gasteiger partial charge on any atom is -0.368 e. The normalized spacial score (nSPS) is 13.8. The summed E-state index contributed by atoms with van der Waals surface area (Å²) < 4.78 is 29.8. The lowest BCUT2D eigenvalue weighted by molar-refractivity contribution is -0.207. The van der Waals surface area contributed by atoms with Gasteiger partial charge in [-0.05, 0) is 41.5 Å². The van der Waals surface area contributed by atoms with Gasteiger partial charge < -0.3 is 22.8 Å². The molecule has 0 bridgehead atoms. The van der Waals surface area contributed by atoms with Crippen LogP contribution < -0.4 is 0 Å². The van der Waals surface area contributed by atoms with Crippen LogP contribution in [0.4, 0.5) is 0 Å². The minimum atomic E-state index is -3.21. The van der Waals surface area contributed by atoms with Gasteiger partial charge in [-0.2, -0.15) is 0 Å². The fraction of sp³-hybridized carbons (Fsp3) is 1.00. The van der Waals surface area contributed by atoms with E-state index >= 15 is 0 Å². The first kappa shape index (κ1) is 20.0. The molecule has 0 fully saturated rings. The van der Waals surface area contributed by atoms with E-state index in [2.05, 4.69) is 0 Å². The SMILES string of the molecule is CCC(OC)(OC)[Si](OC(C)C)(OC(C)C)OC(C)C. The van der Waals surface area contributed by atoms with Crippen LogP contribution in [0.2, 0.25) is 0 Å². The Kier molecular flexibility index (Phi) is 8.46. The lowest BCUT2D eigenvalue weighted by atomic mass is 10.5. The molecule has 0 unspecified atom stereocenters. The first-order chi connectivity index (χ1) is 9.18. The van der Waals surface area contributed by atoms with Crippen molar-refractivity contribution in [1.29, 1.82) is 0 Å². The van der Waals surface area contributed by atoms with Crippen LogP contribution >= 0.6 is 0 Å². The summed E-state index contributed by atoms with van der Waals surface area (Å²) in [5.41, 5.74) is -0.994. The second-order valence-electron chi connectivity index (χ2n) is 5.57. The molecule has 6 heteroatoms. The lowest BCUT2D eigenvalue weighted by Gasteiger charge is -2.45. The maximum Gasteiger partial charge on any atom is 0.564 e. The smallest absolute Gasteiger partial charge is 0.368 e. The zero-order valence-electron chi connectivity index (χ0n) is 14.5. The molecule has 0 spiro atoms. The summed E-state index contributed by atoms with van der Waals surface area (Å²) in [7, 11) is -0.00294. The van der Waals surface area contributed by atoms with E-state index in [1.165, 1.54) is 0 Å². The molecule has 0 heterocycles. The minimum absolute atomic E-state index is 0.0459. The van der Waals surface area contributed by atoms with Crippen molar-refractivity contribution in [3.05, 3.63) is 0 Å². The van der Waals surface area contributed by atoms with Crippen molar-refractivity contribution < 1.29 is 22.8 Å². The van der Waals surface area contributed by atoms with Crippen LogP contribution in [0.25, 0.3) is 0 Å². The Labute approximate surface area is 125 Å². The predicted octanol–water partition coefficient (Wildman–Crippen LogP) is 3.14. The molecule has 0 rings (SSSR count). The van der Waals surface area contributed by atoms with Crippen LogP contribution in [0.3, 0.4) is 0 Å². The summed E-state index contributed by atoms with van der Waals surface area (Å²) in [6.45, 7) is 13.7. The molecule has 0 saturated carbocycles. The Morgan fingerprint density at radius 3 is 1.20 bits per heavy atom. The molecule has 0 saturated heterocycles. The van der Waals surface area contributed by atoms with E-state index in [0.29, 0.717) is 6.42 Å². The summed E-state index contributed by atoms with van der Waals surface area (Å²) in [4.78, 5) is 0. The maximum atomic E-state index is 6.14. The average molecular weight is 308 g/mol. The first-order valence-electron chi connectivity index (χ1n) is 7.32. The van der Waals surface area contributed by atoms with Gasteiger partial charge >= 0.3 is 8.80 Å². The van der Waals surface area contributed by atoms with Gasteiger partial charge in [0, 0.05) is 39.0 Å². The van der Waals surface area contributed by atoms with E-state index in [-0.39, 0.29) is 18.3 Å². The molecule has 0 aliphatic heterocycles. The molecule has 0 aliphatic rings. The Hall–Kier alpha value is 0.0169. The Morgan fingerprint density at radius 1 is 0.750 bits per heavy atom. The zero-order chi connectivity index (χ0) is 16.0. The number of ether oxygens (including phenoxy) is 2. The standard InChI is InChI=1S/C14H32O5Si/c1-10-14(15-8,16-9)20(17-11(2)3,18-12(4)5)19-13(6)7/h11-13H,10H2,1-9H3. The van der Waals surface area contributed by atoms with Crippen molar-refractivity contribution in [2.24, 2.45) is 0 Å². The van der Waals surface area contributed by atoms with Gasteiger partial charge in [-0.3, -0.25) is 0 Å². The maximum absolute atomic E-state index is 6.14. The molecule has 0 radical (unpaired) electrons. The Morgan fingerprint density at radius 2 is 1.05 bits per heavy atom. The third-order valence-corrected chi connectivity index (χ3v) is 6.80. The molecule has 0 aliphatic carbocycles. The van der Waals surface area contributed by atoms with Gasteiger partial charge in [-0.1, -0.05) is 6.92 Å². The van der Waals surface area contributed by atoms with E-state index in [1.807, 2.05) is 48.5 Å². The average Bonchev–Trinajstić information content (AvgIpc) is 2.28. The largest absolute Gasteiger partial charge is 0.564 e. The van der Waals surface area contributed by atoms with Gasteiger partial charge in [-0.15, -0.1) is 0 Å². The van der Waals surface area contributed by atoms with Crippen LogP contribution in [-0.4, -0.2) is 46.7 Å². The van der Waals surface area contributed by atoms with Crippen LogP contribution in [0, 0.1) is 0 Å². The van der Waals surface area contributed by atoms with Crippen LogP contribution in [0.1, 0.15) is 54.9 Å².